The van der Waals surface area contributed by atoms with E-state index in [4.69, 9.17) is 0 Å². The molecule has 1 heterocycles. The van der Waals surface area contributed by atoms with Gasteiger partial charge in [0.25, 0.3) is 0 Å². The lowest BCUT2D eigenvalue weighted by atomic mass is 10.1. The summed E-state index contributed by atoms with van der Waals surface area (Å²) in [6.45, 7) is 1.05. The van der Waals surface area contributed by atoms with Crippen LogP contribution in [-0.2, 0) is 9.84 Å². The molecule has 1 fully saturated rings. The minimum absolute atomic E-state index is 0.393. The second-order valence-electron chi connectivity index (χ2n) is 3.99. The maximum absolute atomic E-state index is 11.2. The Morgan fingerprint density at radius 2 is 1.93 bits per heavy atom. The molecule has 0 aromatic heterocycles. The van der Waals surface area contributed by atoms with E-state index < -0.39 is 9.84 Å². The van der Waals surface area contributed by atoms with Crippen molar-refractivity contribution in [2.45, 2.75) is 23.8 Å². The first-order chi connectivity index (χ1) is 7.07. The van der Waals surface area contributed by atoms with Gasteiger partial charge in [-0.15, -0.1) is 0 Å². The molecule has 15 heavy (non-hydrogen) atoms. The van der Waals surface area contributed by atoms with Crippen molar-refractivity contribution < 1.29 is 8.42 Å². The van der Waals surface area contributed by atoms with Crippen LogP contribution in [0.4, 0.5) is 0 Å². The summed E-state index contributed by atoms with van der Waals surface area (Å²) in [5.74, 6) is 0. The summed E-state index contributed by atoms with van der Waals surface area (Å²) in [4.78, 5) is 0.393. The number of benzene rings is 1. The second kappa shape index (κ2) is 3.94. The van der Waals surface area contributed by atoms with Crippen LogP contribution in [-0.4, -0.2) is 21.2 Å². The van der Waals surface area contributed by atoms with E-state index in [0.717, 1.165) is 13.0 Å². The van der Waals surface area contributed by atoms with Gasteiger partial charge in [0, 0.05) is 12.3 Å². The van der Waals surface area contributed by atoms with Crippen molar-refractivity contribution >= 4 is 9.84 Å². The first-order valence-electron chi connectivity index (χ1n) is 5.11. The van der Waals surface area contributed by atoms with E-state index in [-0.39, 0.29) is 0 Å². The molecule has 2 rings (SSSR count). The molecule has 1 atom stereocenters. The lowest BCUT2D eigenvalue weighted by Crippen LogP contribution is -2.12. The van der Waals surface area contributed by atoms with Gasteiger partial charge in [0.1, 0.15) is 0 Å². The zero-order valence-electron chi connectivity index (χ0n) is 8.73. The Hall–Kier alpha value is -0.870. The lowest BCUT2D eigenvalue weighted by molar-refractivity contribution is 0.601. The third-order valence-corrected chi connectivity index (χ3v) is 3.90. The predicted molar refractivity (Wildman–Crippen MR) is 59.5 cm³/mol. The average molecular weight is 225 g/mol. The van der Waals surface area contributed by atoms with Crippen LogP contribution in [0.2, 0.25) is 0 Å². The highest BCUT2D eigenvalue weighted by molar-refractivity contribution is 7.90. The van der Waals surface area contributed by atoms with E-state index in [2.05, 4.69) is 5.32 Å². The summed E-state index contributed by atoms with van der Waals surface area (Å²) in [7, 11) is -3.06. The Balaban J connectivity index is 2.24. The van der Waals surface area contributed by atoms with Gasteiger partial charge in [-0.05, 0) is 37.1 Å². The van der Waals surface area contributed by atoms with Gasteiger partial charge in [0.05, 0.1) is 4.90 Å². The largest absolute Gasteiger partial charge is 0.310 e. The molecule has 1 aromatic carbocycles. The minimum atomic E-state index is -3.06. The second-order valence-corrected chi connectivity index (χ2v) is 6.01. The van der Waals surface area contributed by atoms with E-state index in [1.54, 1.807) is 12.1 Å². The first kappa shape index (κ1) is 10.6. The Morgan fingerprint density at radius 1 is 1.27 bits per heavy atom. The summed E-state index contributed by atoms with van der Waals surface area (Å²) in [5.41, 5.74) is 1.18. The van der Waals surface area contributed by atoms with Gasteiger partial charge in [0.2, 0.25) is 0 Å². The van der Waals surface area contributed by atoms with Crippen LogP contribution in [0.25, 0.3) is 0 Å². The van der Waals surface area contributed by atoms with Crippen LogP contribution in [0.3, 0.4) is 0 Å². The summed E-state index contributed by atoms with van der Waals surface area (Å²) in [5, 5.41) is 3.38. The highest BCUT2D eigenvalue weighted by Gasteiger charge is 2.16. The summed E-state index contributed by atoms with van der Waals surface area (Å²) in [6, 6.07) is 7.58. The number of nitrogens with one attached hydrogen (secondary N) is 1. The molecular weight excluding hydrogens is 210 g/mol. The van der Waals surface area contributed by atoms with Crippen molar-refractivity contribution in [3.8, 4) is 0 Å². The van der Waals surface area contributed by atoms with E-state index >= 15 is 0 Å². The number of hydrogen-bond acceptors (Lipinski definition) is 3. The third kappa shape index (κ3) is 2.38. The maximum Gasteiger partial charge on any atom is 0.175 e. The minimum Gasteiger partial charge on any atom is -0.310 e. The molecule has 4 heteroatoms. The van der Waals surface area contributed by atoms with Crippen LogP contribution in [0, 0.1) is 0 Å². The molecule has 1 aromatic rings. The van der Waals surface area contributed by atoms with E-state index in [1.165, 1.54) is 18.2 Å². The zero-order chi connectivity index (χ0) is 10.9. The van der Waals surface area contributed by atoms with E-state index in [9.17, 15) is 8.42 Å². The lowest BCUT2D eigenvalue weighted by Gasteiger charge is -2.10. The third-order valence-electron chi connectivity index (χ3n) is 2.77. The first-order valence-corrected chi connectivity index (χ1v) is 7.00. The van der Waals surface area contributed by atoms with Crippen molar-refractivity contribution in [1.29, 1.82) is 0 Å². The van der Waals surface area contributed by atoms with Gasteiger partial charge in [-0.1, -0.05) is 12.1 Å². The number of hydrogen-bond donors (Lipinski definition) is 1. The molecule has 0 bridgehead atoms. The fraction of sp³-hybridized carbons (Fsp3) is 0.455. The molecule has 0 saturated carbocycles. The van der Waals surface area contributed by atoms with Crippen LogP contribution in [0.15, 0.2) is 29.2 Å². The normalized spacial score (nSPS) is 21.8. The molecule has 1 unspecified atom stereocenters. The SMILES string of the molecule is CS(=O)(=O)c1ccc(C2CCCN2)cc1. The quantitative estimate of drug-likeness (QED) is 0.830. The zero-order valence-corrected chi connectivity index (χ0v) is 9.55. The van der Waals surface area contributed by atoms with Gasteiger partial charge < -0.3 is 5.32 Å². The summed E-state index contributed by atoms with van der Waals surface area (Å²) < 4.78 is 22.5. The topological polar surface area (TPSA) is 46.2 Å². The van der Waals surface area contributed by atoms with Crippen molar-refractivity contribution in [2.24, 2.45) is 0 Å². The predicted octanol–water partition coefficient (Wildman–Crippen LogP) is 1.51. The smallest absolute Gasteiger partial charge is 0.175 e. The number of rotatable bonds is 2. The fourth-order valence-corrected chi connectivity index (χ4v) is 2.55. The van der Waals surface area contributed by atoms with Crippen molar-refractivity contribution in [3.05, 3.63) is 29.8 Å². The highest BCUT2D eigenvalue weighted by atomic mass is 32.2. The summed E-state index contributed by atoms with van der Waals surface area (Å²) in [6.07, 6.45) is 3.56. The van der Waals surface area contributed by atoms with Gasteiger partial charge in [-0.2, -0.15) is 0 Å². The van der Waals surface area contributed by atoms with Crippen molar-refractivity contribution in [3.63, 3.8) is 0 Å². The molecule has 0 radical (unpaired) electrons. The Labute approximate surface area is 90.4 Å². The van der Waals surface area contributed by atoms with Crippen molar-refractivity contribution in [1.82, 2.24) is 5.32 Å². The van der Waals surface area contributed by atoms with Gasteiger partial charge in [-0.3, -0.25) is 0 Å². The molecule has 82 valence electrons. The van der Waals surface area contributed by atoms with Gasteiger partial charge >= 0.3 is 0 Å². The Morgan fingerprint density at radius 3 is 2.40 bits per heavy atom. The van der Waals surface area contributed by atoms with E-state index in [0.29, 0.717) is 10.9 Å². The fourth-order valence-electron chi connectivity index (χ4n) is 1.92. The Kier molecular flexibility index (Phi) is 2.80. The highest BCUT2D eigenvalue weighted by Crippen LogP contribution is 2.23. The monoisotopic (exact) mass is 225 g/mol. The maximum atomic E-state index is 11.2. The van der Waals surface area contributed by atoms with Gasteiger partial charge in [0.15, 0.2) is 9.84 Å². The summed E-state index contributed by atoms with van der Waals surface area (Å²) >= 11 is 0. The molecule has 1 saturated heterocycles. The van der Waals surface area contributed by atoms with E-state index in [1.807, 2.05) is 12.1 Å². The van der Waals surface area contributed by atoms with Crippen molar-refractivity contribution in [2.75, 3.05) is 12.8 Å². The van der Waals surface area contributed by atoms with Crippen LogP contribution in [0.5, 0.6) is 0 Å². The standard InChI is InChI=1S/C11H15NO2S/c1-15(13,14)10-6-4-9(5-7-10)11-3-2-8-12-11/h4-7,11-12H,2-3,8H2,1H3. The molecule has 3 nitrogen and oxygen atoms in total. The van der Waals surface area contributed by atoms with Crippen LogP contribution < -0.4 is 5.32 Å². The molecule has 0 aliphatic carbocycles. The number of sulfone groups is 1. The Bertz CT molecular complexity index is 430. The van der Waals surface area contributed by atoms with Gasteiger partial charge in [-0.25, -0.2) is 8.42 Å². The van der Waals surface area contributed by atoms with Crippen LogP contribution >= 0.6 is 0 Å². The molecule has 0 amide bonds. The molecular formula is C11H15NO2S. The molecule has 1 aliphatic rings. The molecule has 1 aliphatic heterocycles. The van der Waals surface area contributed by atoms with Crippen LogP contribution in [0.1, 0.15) is 24.4 Å². The average Bonchev–Trinajstić information content (AvgIpc) is 2.69. The molecule has 0 spiro atoms. The molecule has 1 N–H and O–H groups in total.